The number of rotatable bonds is 9. The van der Waals surface area contributed by atoms with Gasteiger partial charge in [-0.05, 0) is 50.5 Å². The SMILES string of the molecule is CCOc1cc(/C=C(\C#N)C(=O)NC[C@@H]2CCCO2)ccc1O[C@@H](C)C(=O)N(C)C. The first-order valence-electron chi connectivity index (χ1n) is 10.0. The van der Waals surface area contributed by atoms with E-state index in [1.165, 1.54) is 11.0 Å². The van der Waals surface area contributed by atoms with E-state index in [0.717, 1.165) is 12.8 Å². The highest BCUT2D eigenvalue weighted by Gasteiger charge is 2.20. The van der Waals surface area contributed by atoms with Gasteiger partial charge in [-0.25, -0.2) is 0 Å². The first-order chi connectivity index (χ1) is 14.3. The Morgan fingerprint density at radius 3 is 2.77 bits per heavy atom. The van der Waals surface area contributed by atoms with Gasteiger partial charge in [0.15, 0.2) is 17.6 Å². The van der Waals surface area contributed by atoms with E-state index in [4.69, 9.17) is 14.2 Å². The monoisotopic (exact) mass is 415 g/mol. The fraction of sp³-hybridized carbons (Fsp3) is 0.500. The third kappa shape index (κ3) is 6.49. The minimum atomic E-state index is -0.682. The van der Waals surface area contributed by atoms with E-state index < -0.39 is 12.0 Å². The van der Waals surface area contributed by atoms with Crippen molar-refractivity contribution < 1.29 is 23.8 Å². The van der Waals surface area contributed by atoms with Crippen LogP contribution in [0.1, 0.15) is 32.3 Å². The number of hydrogen-bond acceptors (Lipinski definition) is 6. The number of benzene rings is 1. The lowest BCUT2D eigenvalue weighted by Crippen LogP contribution is -2.35. The summed E-state index contributed by atoms with van der Waals surface area (Å²) in [6.45, 7) is 4.98. The maximum absolute atomic E-state index is 12.3. The Morgan fingerprint density at radius 1 is 1.40 bits per heavy atom. The minimum Gasteiger partial charge on any atom is -0.490 e. The molecule has 8 nitrogen and oxygen atoms in total. The number of ether oxygens (including phenoxy) is 3. The van der Waals surface area contributed by atoms with Crippen LogP contribution in [-0.2, 0) is 14.3 Å². The van der Waals surface area contributed by atoms with Crippen molar-refractivity contribution in [3.8, 4) is 17.6 Å². The summed E-state index contributed by atoms with van der Waals surface area (Å²) in [5, 5.41) is 12.1. The predicted molar refractivity (Wildman–Crippen MR) is 112 cm³/mol. The topological polar surface area (TPSA) is 101 Å². The molecule has 0 radical (unpaired) electrons. The Bertz CT molecular complexity index is 823. The summed E-state index contributed by atoms with van der Waals surface area (Å²) in [6, 6.07) is 6.98. The molecule has 0 spiro atoms. The van der Waals surface area contributed by atoms with E-state index in [-0.39, 0.29) is 17.6 Å². The van der Waals surface area contributed by atoms with Gasteiger partial charge in [-0.1, -0.05) is 6.07 Å². The van der Waals surface area contributed by atoms with Crippen molar-refractivity contribution in [1.82, 2.24) is 10.2 Å². The maximum Gasteiger partial charge on any atom is 0.262 e. The summed E-state index contributed by atoms with van der Waals surface area (Å²) in [5.74, 6) is 0.229. The molecule has 1 fully saturated rings. The minimum absolute atomic E-state index is 0.00162. The second-order valence-corrected chi connectivity index (χ2v) is 7.15. The Morgan fingerprint density at radius 2 is 2.17 bits per heavy atom. The largest absolute Gasteiger partial charge is 0.490 e. The van der Waals surface area contributed by atoms with Crippen LogP contribution in [0, 0.1) is 11.3 Å². The van der Waals surface area contributed by atoms with Crippen molar-refractivity contribution in [2.24, 2.45) is 0 Å². The van der Waals surface area contributed by atoms with Gasteiger partial charge < -0.3 is 24.4 Å². The van der Waals surface area contributed by atoms with Crippen LogP contribution < -0.4 is 14.8 Å². The first kappa shape index (κ1) is 23.2. The molecule has 162 valence electrons. The van der Waals surface area contributed by atoms with E-state index in [1.54, 1.807) is 39.2 Å². The van der Waals surface area contributed by atoms with Crippen molar-refractivity contribution >= 4 is 17.9 Å². The maximum atomic E-state index is 12.3. The molecule has 1 N–H and O–H groups in total. The molecular formula is C22H29N3O5. The van der Waals surface area contributed by atoms with Crippen molar-refractivity contribution in [2.45, 2.75) is 38.9 Å². The zero-order valence-electron chi connectivity index (χ0n) is 17.9. The lowest BCUT2D eigenvalue weighted by molar-refractivity contribution is -0.135. The van der Waals surface area contributed by atoms with Crippen LogP contribution in [-0.4, -0.2) is 62.8 Å². The van der Waals surface area contributed by atoms with Crippen molar-refractivity contribution in [1.29, 1.82) is 5.26 Å². The molecule has 1 heterocycles. The van der Waals surface area contributed by atoms with Gasteiger partial charge in [0.05, 0.1) is 12.7 Å². The van der Waals surface area contributed by atoms with E-state index in [1.807, 2.05) is 13.0 Å². The van der Waals surface area contributed by atoms with E-state index in [9.17, 15) is 14.9 Å². The van der Waals surface area contributed by atoms with Crippen LogP contribution in [0.5, 0.6) is 11.5 Å². The van der Waals surface area contributed by atoms with Gasteiger partial charge in [0.1, 0.15) is 11.6 Å². The molecule has 1 saturated heterocycles. The summed E-state index contributed by atoms with van der Waals surface area (Å²) in [4.78, 5) is 25.9. The number of nitriles is 1. The summed E-state index contributed by atoms with van der Waals surface area (Å²) in [7, 11) is 3.32. The van der Waals surface area contributed by atoms with Gasteiger partial charge >= 0.3 is 0 Å². The number of carbonyl (C=O) groups excluding carboxylic acids is 2. The van der Waals surface area contributed by atoms with Crippen LogP contribution >= 0.6 is 0 Å². The first-order valence-corrected chi connectivity index (χ1v) is 10.0. The third-order valence-electron chi connectivity index (χ3n) is 4.55. The molecule has 1 aliphatic rings. The summed E-state index contributed by atoms with van der Waals surface area (Å²) < 4.78 is 16.9. The Hall–Kier alpha value is -3.05. The molecule has 0 aromatic heterocycles. The number of amides is 2. The molecule has 30 heavy (non-hydrogen) atoms. The number of likely N-dealkylation sites (N-methyl/N-ethyl adjacent to an activating group) is 1. The van der Waals surface area contributed by atoms with Crippen LogP contribution in [0.25, 0.3) is 6.08 Å². The average molecular weight is 415 g/mol. The third-order valence-corrected chi connectivity index (χ3v) is 4.55. The van der Waals surface area contributed by atoms with Crippen LogP contribution in [0.15, 0.2) is 23.8 Å². The summed E-state index contributed by atoms with van der Waals surface area (Å²) >= 11 is 0. The molecule has 2 rings (SSSR count). The molecule has 2 amide bonds. The van der Waals surface area contributed by atoms with Crippen LogP contribution in [0.3, 0.4) is 0 Å². The highest BCUT2D eigenvalue weighted by atomic mass is 16.5. The van der Waals surface area contributed by atoms with Crippen molar-refractivity contribution in [3.63, 3.8) is 0 Å². The molecule has 0 saturated carbocycles. The molecule has 2 atom stereocenters. The van der Waals surface area contributed by atoms with Gasteiger partial charge in [0.2, 0.25) is 0 Å². The quantitative estimate of drug-likeness (QED) is 0.490. The van der Waals surface area contributed by atoms with Crippen molar-refractivity contribution in [3.05, 3.63) is 29.3 Å². The number of nitrogens with one attached hydrogen (secondary N) is 1. The highest BCUT2D eigenvalue weighted by Crippen LogP contribution is 2.30. The average Bonchev–Trinajstić information content (AvgIpc) is 3.25. The van der Waals surface area contributed by atoms with Crippen LogP contribution in [0.2, 0.25) is 0 Å². The van der Waals surface area contributed by atoms with Gasteiger partial charge in [-0.15, -0.1) is 0 Å². The molecule has 0 aliphatic carbocycles. The smallest absolute Gasteiger partial charge is 0.262 e. The van der Waals surface area contributed by atoms with E-state index in [0.29, 0.717) is 36.8 Å². The number of carbonyl (C=O) groups is 2. The summed E-state index contributed by atoms with van der Waals surface area (Å²) in [5.41, 5.74) is 0.599. The number of hydrogen-bond donors (Lipinski definition) is 1. The second-order valence-electron chi connectivity index (χ2n) is 7.15. The Balaban J connectivity index is 2.15. The molecule has 1 aliphatic heterocycles. The molecule has 0 bridgehead atoms. The second kappa shape index (κ2) is 11.2. The fourth-order valence-electron chi connectivity index (χ4n) is 3.01. The van der Waals surface area contributed by atoms with E-state index in [2.05, 4.69) is 5.32 Å². The Kier molecular flexibility index (Phi) is 8.69. The highest BCUT2D eigenvalue weighted by molar-refractivity contribution is 6.01. The van der Waals surface area contributed by atoms with Crippen molar-refractivity contribution in [2.75, 3.05) is 33.9 Å². The molecule has 0 unspecified atom stereocenters. The molecular weight excluding hydrogens is 386 g/mol. The van der Waals surface area contributed by atoms with E-state index >= 15 is 0 Å². The Labute approximate surface area is 177 Å². The van der Waals surface area contributed by atoms with Gasteiger partial charge in [-0.3, -0.25) is 9.59 Å². The lowest BCUT2D eigenvalue weighted by atomic mass is 10.1. The van der Waals surface area contributed by atoms with Gasteiger partial charge in [0, 0.05) is 27.2 Å². The predicted octanol–water partition coefficient (Wildman–Crippen LogP) is 2.14. The fourth-order valence-corrected chi connectivity index (χ4v) is 3.01. The zero-order valence-corrected chi connectivity index (χ0v) is 17.9. The lowest BCUT2D eigenvalue weighted by Gasteiger charge is -2.20. The molecule has 1 aromatic carbocycles. The zero-order chi connectivity index (χ0) is 22.1. The standard InChI is InChI=1S/C22H29N3O5/c1-5-28-20-12-16(8-9-19(20)30-15(2)22(27)25(3)4)11-17(13-23)21(26)24-14-18-7-6-10-29-18/h8-9,11-12,15,18H,5-7,10,14H2,1-4H3,(H,24,26)/b17-11+/t15-,18-/m0/s1. The van der Waals surface area contributed by atoms with Gasteiger partial charge in [0.25, 0.3) is 11.8 Å². The molecule has 1 aromatic rings. The van der Waals surface area contributed by atoms with Crippen LogP contribution in [0.4, 0.5) is 0 Å². The molecule has 8 heteroatoms. The van der Waals surface area contributed by atoms with Gasteiger partial charge in [-0.2, -0.15) is 5.26 Å². The normalized spacial score (nSPS) is 17.0. The summed E-state index contributed by atoms with van der Waals surface area (Å²) in [6.07, 6.45) is 2.70. The number of nitrogens with zero attached hydrogens (tertiary/aromatic N) is 2.